The van der Waals surface area contributed by atoms with Crippen LogP contribution in [0.4, 0.5) is 5.82 Å². The minimum atomic E-state index is -0.324. The lowest BCUT2D eigenvalue weighted by atomic mass is 10.0. The molecule has 2 aromatic heterocycles. The Bertz CT molecular complexity index is 957. The average Bonchev–Trinajstić information content (AvgIpc) is 3.25. The summed E-state index contributed by atoms with van der Waals surface area (Å²) < 4.78 is 5.08. The zero-order valence-corrected chi connectivity index (χ0v) is 12.1. The Balaban J connectivity index is 1.67. The third-order valence-corrected chi connectivity index (χ3v) is 3.65. The van der Waals surface area contributed by atoms with Gasteiger partial charge in [-0.2, -0.15) is 5.10 Å². The van der Waals surface area contributed by atoms with Gasteiger partial charge in [-0.1, -0.05) is 36.4 Å². The second-order valence-electron chi connectivity index (χ2n) is 5.13. The lowest BCUT2D eigenvalue weighted by Gasteiger charge is -2.02. The molecule has 0 saturated heterocycles. The molecule has 1 amide bonds. The molecule has 0 atom stereocenters. The number of furan rings is 1. The van der Waals surface area contributed by atoms with E-state index >= 15 is 0 Å². The van der Waals surface area contributed by atoms with Gasteiger partial charge in [-0.15, -0.1) is 0 Å². The van der Waals surface area contributed by atoms with Crippen LogP contribution in [0, 0.1) is 0 Å². The molecule has 2 N–H and O–H groups in total. The molecule has 0 fully saturated rings. The number of benzene rings is 2. The molecule has 0 unspecified atom stereocenters. The topological polar surface area (TPSA) is 70.9 Å². The number of nitrogens with zero attached hydrogens (tertiary/aromatic N) is 1. The fraction of sp³-hybridized carbons (Fsp3) is 0. The van der Waals surface area contributed by atoms with Gasteiger partial charge in [0.2, 0.25) is 0 Å². The molecule has 0 radical (unpaired) electrons. The van der Waals surface area contributed by atoms with Crippen LogP contribution in [0.1, 0.15) is 10.6 Å². The summed E-state index contributed by atoms with van der Waals surface area (Å²) in [7, 11) is 0. The maximum absolute atomic E-state index is 12.0. The van der Waals surface area contributed by atoms with Crippen molar-refractivity contribution in [2.75, 3.05) is 5.32 Å². The molecule has 2 heterocycles. The molecule has 112 valence electrons. The summed E-state index contributed by atoms with van der Waals surface area (Å²) in [6.45, 7) is 0. The van der Waals surface area contributed by atoms with Crippen LogP contribution in [-0.4, -0.2) is 16.1 Å². The van der Waals surface area contributed by atoms with Gasteiger partial charge in [-0.25, -0.2) is 0 Å². The molecule has 5 heteroatoms. The first-order valence-corrected chi connectivity index (χ1v) is 7.20. The van der Waals surface area contributed by atoms with Crippen molar-refractivity contribution in [1.29, 1.82) is 0 Å². The van der Waals surface area contributed by atoms with Gasteiger partial charge < -0.3 is 9.73 Å². The molecule has 0 bridgehead atoms. The van der Waals surface area contributed by atoms with Crippen molar-refractivity contribution in [3.63, 3.8) is 0 Å². The summed E-state index contributed by atoms with van der Waals surface area (Å²) in [5.41, 5.74) is 3.08. The Morgan fingerprint density at radius 1 is 1.00 bits per heavy atom. The van der Waals surface area contributed by atoms with E-state index in [1.807, 2.05) is 36.4 Å². The van der Waals surface area contributed by atoms with E-state index in [0.29, 0.717) is 5.82 Å². The monoisotopic (exact) mass is 303 g/mol. The second kappa shape index (κ2) is 5.46. The number of nitrogens with one attached hydrogen (secondary N) is 2. The Kier molecular flexibility index (Phi) is 3.16. The molecule has 4 rings (SSSR count). The quantitative estimate of drug-likeness (QED) is 0.599. The molecule has 0 aliphatic carbocycles. The van der Waals surface area contributed by atoms with E-state index in [9.17, 15) is 4.79 Å². The van der Waals surface area contributed by atoms with Crippen molar-refractivity contribution in [3.8, 4) is 11.1 Å². The standard InChI is InChI=1S/C18H13N3O2/c22-18(16-7-4-10-23-16)19-17-14-9-8-13(11-15(14)20-21-17)12-5-2-1-3-6-12/h1-11H,(H2,19,20,21,22). The summed E-state index contributed by atoms with van der Waals surface area (Å²) in [6, 6.07) is 19.3. The minimum absolute atomic E-state index is 0.252. The number of carbonyl (C=O) groups is 1. The molecular weight excluding hydrogens is 290 g/mol. The molecule has 2 aromatic carbocycles. The second-order valence-corrected chi connectivity index (χ2v) is 5.13. The SMILES string of the molecule is O=C(Nc1n[nH]c2cc(-c3ccccc3)ccc12)c1ccco1. The van der Waals surface area contributed by atoms with E-state index in [4.69, 9.17) is 4.42 Å². The highest BCUT2D eigenvalue weighted by molar-refractivity contribution is 6.06. The number of aromatic nitrogens is 2. The van der Waals surface area contributed by atoms with Crippen LogP contribution in [0.25, 0.3) is 22.0 Å². The molecule has 23 heavy (non-hydrogen) atoms. The van der Waals surface area contributed by atoms with Crippen LogP contribution in [-0.2, 0) is 0 Å². The highest BCUT2D eigenvalue weighted by atomic mass is 16.3. The Morgan fingerprint density at radius 2 is 1.87 bits per heavy atom. The van der Waals surface area contributed by atoms with Crippen LogP contribution in [0.15, 0.2) is 71.3 Å². The van der Waals surface area contributed by atoms with Crippen molar-refractivity contribution in [1.82, 2.24) is 10.2 Å². The smallest absolute Gasteiger partial charge is 0.292 e. The number of carbonyl (C=O) groups excluding carboxylic acids is 1. The van der Waals surface area contributed by atoms with Crippen molar-refractivity contribution in [2.45, 2.75) is 0 Å². The maximum Gasteiger partial charge on any atom is 0.292 e. The van der Waals surface area contributed by atoms with Crippen molar-refractivity contribution in [2.24, 2.45) is 0 Å². The Labute approximate surface area is 131 Å². The predicted octanol–water partition coefficient (Wildman–Crippen LogP) is 4.08. The lowest BCUT2D eigenvalue weighted by Crippen LogP contribution is -2.11. The lowest BCUT2D eigenvalue weighted by molar-refractivity contribution is 0.0996. The van der Waals surface area contributed by atoms with E-state index < -0.39 is 0 Å². The number of hydrogen-bond acceptors (Lipinski definition) is 3. The van der Waals surface area contributed by atoms with E-state index in [2.05, 4.69) is 27.6 Å². The first kappa shape index (κ1) is 13.3. The molecule has 0 aliphatic rings. The van der Waals surface area contributed by atoms with E-state index in [-0.39, 0.29) is 11.7 Å². The third kappa shape index (κ3) is 2.48. The number of anilines is 1. The van der Waals surface area contributed by atoms with Gasteiger partial charge in [-0.05, 0) is 35.4 Å². The molecule has 4 aromatic rings. The van der Waals surface area contributed by atoms with Crippen molar-refractivity contribution < 1.29 is 9.21 Å². The highest BCUT2D eigenvalue weighted by Gasteiger charge is 2.13. The molecule has 0 spiro atoms. The number of fused-ring (bicyclic) bond motifs is 1. The van der Waals surface area contributed by atoms with Crippen molar-refractivity contribution >= 4 is 22.6 Å². The number of amides is 1. The maximum atomic E-state index is 12.0. The molecule has 0 saturated carbocycles. The Morgan fingerprint density at radius 3 is 2.65 bits per heavy atom. The van der Waals surface area contributed by atoms with Crippen molar-refractivity contribution in [3.05, 3.63) is 72.7 Å². The summed E-state index contributed by atoms with van der Waals surface area (Å²) in [4.78, 5) is 12.0. The number of rotatable bonds is 3. The summed E-state index contributed by atoms with van der Waals surface area (Å²) >= 11 is 0. The van der Waals surface area contributed by atoms with E-state index in [1.165, 1.54) is 6.26 Å². The van der Waals surface area contributed by atoms with Gasteiger partial charge in [-0.3, -0.25) is 9.89 Å². The van der Waals surface area contributed by atoms with Gasteiger partial charge in [0.15, 0.2) is 11.6 Å². The van der Waals surface area contributed by atoms with Gasteiger partial charge in [0, 0.05) is 5.39 Å². The average molecular weight is 303 g/mol. The number of H-pyrrole nitrogens is 1. The van der Waals surface area contributed by atoms with Crippen LogP contribution in [0.3, 0.4) is 0 Å². The normalized spacial score (nSPS) is 10.8. The number of aromatic amines is 1. The molecular formula is C18H13N3O2. The zero-order valence-electron chi connectivity index (χ0n) is 12.1. The first-order chi connectivity index (χ1) is 11.3. The Hall–Kier alpha value is -3.34. The third-order valence-electron chi connectivity index (χ3n) is 3.65. The largest absolute Gasteiger partial charge is 0.459 e. The summed E-state index contributed by atoms with van der Waals surface area (Å²) in [5, 5.41) is 10.7. The molecule has 0 aliphatic heterocycles. The van der Waals surface area contributed by atoms with Crippen LogP contribution in [0.2, 0.25) is 0 Å². The van der Waals surface area contributed by atoms with Gasteiger partial charge in [0.05, 0.1) is 11.8 Å². The van der Waals surface area contributed by atoms with Gasteiger partial charge >= 0.3 is 0 Å². The zero-order chi connectivity index (χ0) is 15.6. The van der Waals surface area contributed by atoms with E-state index in [0.717, 1.165) is 22.0 Å². The summed E-state index contributed by atoms with van der Waals surface area (Å²) in [6.07, 6.45) is 1.46. The van der Waals surface area contributed by atoms with Crippen LogP contribution < -0.4 is 5.32 Å². The fourth-order valence-corrected chi connectivity index (χ4v) is 2.50. The van der Waals surface area contributed by atoms with Gasteiger partial charge in [0.1, 0.15) is 0 Å². The van der Waals surface area contributed by atoms with Crippen LogP contribution in [0.5, 0.6) is 0 Å². The van der Waals surface area contributed by atoms with Crippen LogP contribution >= 0.6 is 0 Å². The summed E-state index contributed by atoms with van der Waals surface area (Å²) in [5.74, 6) is 0.415. The molecule has 5 nitrogen and oxygen atoms in total. The predicted molar refractivity (Wildman–Crippen MR) is 88.2 cm³/mol. The number of hydrogen-bond donors (Lipinski definition) is 2. The first-order valence-electron chi connectivity index (χ1n) is 7.20. The highest BCUT2D eigenvalue weighted by Crippen LogP contribution is 2.27. The van der Waals surface area contributed by atoms with Gasteiger partial charge in [0.25, 0.3) is 5.91 Å². The van der Waals surface area contributed by atoms with E-state index in [1.54, 1.807) is 12.1 Å². The minimum Gasteiger partial charge on any atom is -0.459 e. The fourth-order valence-electron chi connectivity index (χ4n) is 2.50.